The van der Waals surface area contributed by atoms with Crippen LogP contribution in [-0.2, 0) is 6.54 Å². The molecule has 4 rings (SSSR count). The van der Waals surface area contributed by atoms with E-state index in [0.29, 0.717) is 23.6 Å². The fraction of sp³-hybridized carbons (Fsp3) is 0.286. The van der Waals surface area contributed by atoms with Gasteiger partial charge in [0.05, 0.1) is 23.7 Å². The van der Waals surface area contributed by atoms with Crippen LogP contribution < -0.4 is 10.5 Å². The lowest BCUT2D eigenvalue weighted by Gasteiger charge is -2.30. The summed E-state index contributed by atoms with van der Waals surface area (Å²) in [5, 5.41) is 9.42. The van der Waals surface area contributed by atoms with E-state index in [-0.39, 0.29) is 5.56 Å². The minimum absolute atomic E-state index is 0.0853. The van der Waals surface area contributed by atoms with Gasteiger partial charge in [0.15, 0.2) is 0 Å². The Balaban J connectivity index is 1.84. The van der Waals surface area contributed by atoms with E-state index in [4.69, 9.17) is 0 Å². The second-order valence-corrected chi connectivity index (χ2v) is 6.78. The minimum atomic E-state index is -0.0853. The summed E-state index contributed by atoms with van der Waals surface area (Å²) in [4.78, 5) is 23.2. The van der Waals surface area contributed by atoms with Gasteiger partial charge in [0.2, 0.25) is 5.95 Å². The molecule has 27 heavy (non-hydrogen) atoms. The SMILES string of the molecule is N#Cc1ccccc1Cn1c(N2CCCCC2)ncc(-c2cc[nH]c2)c1=O. The first-order valence-electron chi connectivity index (χ1n) is 9.24. The van der Waals surface area contributed by atoms with Crippen LogP contribution in [0.25, 0.3) is 11.1 Å². The van der Waals surface area contributed by atoms with Crippen LogP contribution >= 0.6 is 0 Å². The quantitative estimate of drug-likeness (QED) is 0.776. The molecular weight excluding hydrogens is 338 g/mol. The number of anilines is 1. The van der Waals surface area contributed by atoms with Crippen molar-refractivity contribution < 1.29 is 0 Å². The number of piperidine rings is 1. The van der Waals surface area contributed by atoms with Crippen LogP contribution in [0, 0.1) is 11.3 Å². The molecular formula is C21H21N5O. The number of aromatic amines is 1. The Labute approximate surface area is 157 Å². The van der Waals surface area contributed by atoms with Crippen molar-refractivity contribution in [2.24, 2.45) is 0 Å². The molecule has 3 heterocycles. The number of nitrogens with one attached hydrogen (secondary N) is 1. The van der Waals surface area contributed by atoms with Crippen LogP contribution in [-0.4, -0.2) is 27.6 Å². The molecule has 0 bridgehead atoms. The molecule has 0 spiro atoms. The number of hydrogen-bond acceptors (Lipinski definition) is 4. The first-order chi connectivity index (χ1) is 13.3. The number of H-pyrrole nitrogens is 1. The van der Waals surface area contributed by atoms with Gasteiger partial charge in [-0.1, -0.05) is 18.2 Å². The fourth-order valence-corrected chi connectivity index (χ4v) is 3.60. The molecule has 1 aliphatic rings. The Kier molecular flexibility index (Phi) is 4.75. The third-order valence-corrected chi connectivity index (χ3v) is 5.04. The van der Waals surface area contributed by atoms with Gasteiger partial charge < -0.3 is 9.88 Å². The minimum Gasteiger partial charge on any atom is -0.367 e. The molecule has 6 heteroatoms. The summed E-state index contributed by atoms with van der Waals surface area (Å²) < 4.78 is 1.71. The van der Waals surface area contributed by atoms with Crippen molar-refractivity contribution in [1.82, 2.24) is 14.5 Å². The average molecular weight is 359 g/mol. The molecule has 0 aliphatic carbocycles. The number of rotatable bonds is 4. The molecule has 1 N–H and O–H groups in total. The highest BCUT2D eigenvalue weighted by Gasteiger charge is 2.20. The Hall–Kier alpha value is -3.33. The predicted molar refractivity (Wildman–Crippen MR) is 105 cm³/mol. The summed E-state index contributed by atoms with van der Waals surface area (Å²) in [6.07, 6.45) is 8.67. The lowest BCUT2D eigenvalue weighted by Crippen LogP contribution is -2.37. The molecule has 1 aliphatic heterocycles. The maximum Gasteiger partial charge on any atom is 0.263 e. The number of hydrogen-bond donors (Lipinski definition) is 1. The summed E-state index contributed by atoms with van der Waals surface area (Å²) >= 11 is 0. The normalized spacial score (nSPS) is 14.1. The van der Waals surface area contributed by atoms with Crippen molar-refractivity contribution in [3.63, 3.8) is 0 Å². The molecule has 1 aromatic carbocycles. The van der Waals surface area contributed by atoms with Crippen LogP contribution in [0.5, 0.6) is 0 Å². The van der Waals surface area contributed by atoms with E-state index in [1.807, 2.05) is 24.3 Å². The van der Waals surface area contributed by atoms with Gasteiger partial charge >= 0.3 is 0 Å². The van der Waals surface area contributed by atoms with Crippen molar-refractivity contribution >= 4 is 5.95 Å². The van der Waals surface area contributed by atoms with Crippen molar-refractivity contribution in [3.05, 3.63) is 70.4 Å². The van der Waals surface area contributed by atoms with E-state index >= 15 is 0 Å². The van der Waals surface area contributed by atoms with E-state index in [1.165, 1.54) is 6.42 Å². The molecule has 0 radical (unpaired) electrons. The molecule has 3 aromatic rings. The summed E-state index contributed by atoms with van der Waals surface area (Å²) in [5.41, 5.74) is 2.71. The van der Waals surface area contributed by atoms with Gasteiger partial charge in [0.1, 0.15) is 0 Å². The van der Waals surface area contributed by atoms with Crippen molar-refractivity contribution in [2.75, 3.05) is 18.0 Å². The average Bonchev–Trinajstić information content (AvgIpc) is 3.25. The van der Waals surface area contributed by atoms with E-state index < -0.39 is 0 Å². The van der Waals surface area contributed by atoms with Crippen LogP contribution in [0.2, 0.25) is 0 Å². The number of aromatic nitrogens is 3. The summed E-state index contributed by atoms with van der Waals surface area (Å²) in [6.45, 7) is 2.13. The van der Waals surface area contributed by atoms with E-state index in [9.17, 15) is 10.1 Å². The van der Waals surface area contributed by atoms with Gasteiger partial charge in [-0.25, -0.2) is 4.98 Å². The molecule has 1 saturated heterocycles. The topological polar surface area (TPSA) is 77.7 Å². The molecule has 0 unspecified atom stereocenters. The molecule has 2 aromatic heterocycles. The summed E-state index contributed by atoms with van der Waals surface area (Å²) in [5.74, 6) is 0.687. The smallest absolute Gasteiger partial charge is 0.263 e. The maximum atomic E-state index is 13.3. The zero-order chi connectivity index (χ0) is 18.6. The Morgan fingerprint density at radius 3 is 2.70 bits per heavy atom. The lowest BCUT2D eigenvalue weighted by atomic mass is 10.1. The monoisotopic (exact) mass is 359 g/mol. The molecule has 0 amide bonds. The lowest BCUT2D eigenvalue weighted by molar-refractivity contribution is 0.551. The fourth-order valence-electron chi connectivity index (χ4n) is 3.60. The third kappa shape index (κ3) is 3.36. The van der Waals surface area contributed by atoms with Crippen molar-refractivity contribution in [1.29, 1.82) is 5.26 Å². The van der Waals surface area contributed by atoms with Gasteiger partial charge in [-0.05, 0) is 37.0 Å². The standard InChI is InChI=1S/C21H21N5O/c22-12-16-6-2-3-7-18(16)15-26-20(27)19(17-8-9-23-13-17)14-24-21(26)25-10-4-1-5-11-25/h2-3,6-9,13-14,23H,1,4-5,10-11,15H2. The van der Waals surface area contributed by atoms with E-state index in [2.05, 4.69) is 20.9 Å². The van der Waals surface area contributed by atoms with Gasteiger partial charge in [0, 0.05) is 37.2 Å². The Morgan fingerprint density at radius 2 is 1.96 bits per heavy atom. The highest BCUT2D eigenvalue weighted by Crippen LogP contribution is 2.21. The maximum absolute atomic E-state index is 13.3. The molecule has 0 saturated carbocycles. The van der Waals surface area contributed by atoms with Gasteiger partial charge in [-0.3, -0.25) is 9.36 Å². The highest BCUT2D eigenvalue weighted by molar-refractivity contribution is 5.61. The number of benzene rings is 1. The van der Waals surface area contributed by atoms with Crippen LogP contribution in [0.1, 0.15) is 30.4 Å². The van der Waals surface area contributed by atoms with Crippen LogP contribution in [0.15, 0.2) is 53.7 Å². The zero-order valence-electron chi connectivity index (χ0n) is 15.1. The molecule has 6 nitrogen and oxygen atoms in total. The van der Waals surface area contributed by atoms with E-state index in [1.54, 1.807) is 29.2 Å². The third-order valence-electron chi connectivity index (χ3n) is 5.04. The van der Waals surface area contributed by atoms with Gasteiger partial charge in [0.25, 0.3) is 5.56 Å². The van der Waals surface area contributed by atoms with Crippen LogP contribution in [0.4, 0.5) is 5.95 Å². The molecule has 1 fully saturated rings. The van der Waals surface area contributed by atoms with Gasteiger partial charge in [-0.2, -0.15) is 5.26 Å². The summed E-state index contributed by atoms with van der Waals surface area (Å²) in [7, 11) is 0. The highest BCUT2D eigenvalue weighted by atomic mass is 16.1. The van der Waals surface area contributed by atoms with Crippen molar-refractivity contribution in [3.8, 4) is 17.2 Å². The summed E-state index contributed by atoms with van der Waals surface area (Å²) in [6, 6.07) is 11.5. The first kappa shape index (κ1) is 17.1. The van der Waals surface area contributed by atoms with Crippen molar-refractivity contribution in [2.45, 2.75) is 25.8 Å². The second-order valence-electron chi connectivity index (χ2n) is 6.78. The Morgan fingerprint density at radius 1 is 1.15 bits per heavy atom. The number of nitriles is 1. The second kappa shape index (κ2) is 7.50. The van der Waals surface area contributed by atoms with E-state index in [0.717, 1.165) is 37.1 Å². The van der Waals surface area contributed by atoms with Gasteiger partial charge in [-0.15, -0.1) is 0 Å². The largest absolute Gasteiger partial charge is 0.367 e. The Bertz CT molecular complexity index is 1020. The number of nitrogens with zero attached hydrogens (tertiary/aromatic N) is 4. The van der Waals surface area contributed by atoms with Crippen LogP contribution in [0.3, 0.4) is 0 Å². The molecule has 0 atom stereocenters. The molecule has 136 valence electrons. The zero-order valence-corrected chi connectivity index (χ0v) is 15.1. The first-order valence-corrected chi connectivity index (χ1v) is 9.24. The predicted octanol–water partition coefficient (Wildman–Crippen LogP) is 3.15.